The molecule has 0 aromatic heterocycles. The smallest absolute Gasteiger partial charge is 0.410 e. The van der Waals surface area contributed by atoms with Crippen LogP contribution in [0.25, 0.3) is 0 Å². The van der Waals surface area contributed by atoms with Crippen LogP contribution in [0.4, 0.5) is 4.79 Å². The first-order valence-corrected chi connectivity index (χ1v) is 6.72. The molecule has 2 bridgehead atoms. The summed E-state index contributed by atoms with van der Waals surface area (Å²) in [6.45, 7) is 1.91. The molecule has 0 radical (unpaired) electrons. The van der Waals surface area contributed by atoms with Gasteiger partial charge in [0.1, 0.15) is 6.61 Å². The van der Waals surface area contributed by atoms with Crippen LogP contribution in [0.5, 0.6) is 0 Å². The maximum Gasteiger partial charge on any atom is 0.410 e. The Kier molecular flexibility index (Phi) is 2.50. The first-order chi connectivity index (χ1) is 9.31. The van der Waals surface area contributed by atoms with E-state index in [0.717, 1.165) is 13.0 Å². The standard InChI is InChI=1S/C14H16N2O3/c17-14-15-8-11-6-12(13(15)9-18-14)16(19-11)7-10-4-2-1-3-5-10/h1-5,11-13H,6-9H2/t11-,12+,13-/m0/s1. The average Bonchev–Trinajstić information content (AvgIpc) is 2.95. The number of fused-ring (bicyclic) bond motifs is 4. The number of rotatable bonds is 2. The molecule has 0 saturated carbocycles. The molecule has 3 aliphatic heterocycles. The van der Waals surface area contributed by atoms with Gasteiger partial charge in [-0.25, -0.2) is 4.79 Å². The molecule has 3 fully saturated rings. The zero-order valence-electron chi connectivity index (χ0n) is 10.6. The molecule has 4 rings (SSSR count). The van der Waals surface area contributed by atoms with Crippen molar-refractivity contribution in [2.45, 2.75) is 31.2 Å². The topological polar surface area (TPSA) is 42.0 Å². The second-order valence-electron chi connectivity index (χ2n) is 5.39. The van der Waals surface area contributed by atoms with Gasteiger partial charge in [-0.05, 0) is 12.0 Å². The number of cyclic esters (lactones) is 1. The van der Waals surface area contributed by atoms with Gasteiger partial charge in [0.25, 0.3) is 0 Å². The summed E-state index contributed by atoms with van der Waals surface area (Å²) in [6.07, 6.45) is 0.922. The van der Waals surface area contributed by atoms with E-state index in [1.54, 1.807) is 0 Å². The summed E-state index contributed by atoms with van der Waals surface area (Å²) in [5.41, 5.74) is 1.23. The molecule has 0 spiro atoms. The second kappa shape index (κ2) is 4.21. The summed E-state index contributed by atoms with van der Waals surface area (Å²) in [7, 11) is 0. The number of nitrogens with zero attached hydrogens (tertiary/aromatic N) is 2. The number of carbonyl (C=O) groups excluding carboxylic acids is 1. The van der Waals surface area contributed by atoms with E-state index < -0.39 is 0 Å². The van der Waals surface area contributed by atoms with Crippen LogP contribution >= 0.6 is 0 Å². The van der Waals surface area contributed by atoms with Gasteiger partial charge < -0.3 is 4.74 Å². The van der Waals surface area contributed by atoms with Crippen molar-refractivity contribution in [2.75, 3.05) is 13.2 Å². The summed E-state index contributed by atoms with van der Waals surface area (Å²) in [5.74, 6) is 0. The van der Waals surface area contributed by atoms with Gasteiger partial charge in [-0.15, -0.1) is 0 Å². The van der Waals surface area contributed by atoms with Crippen LogP contribution in [-0.2, 0) is 16.1 Å². The minimum atomic E-state index is -0.190. The maximum absolute atomic E-state index is 11.6. The lowest BCUT2D eigenvalue weighted by atomic mass is 9.97. The Morgan fingerprint density at radius 1 is 1.21 bits per heavy atom. The van der Waals surface area contributed by atoms with Gasteiger partial charge in [0, 0.05) is 6.54 Å². The van der Waals surface area contributed by atoms with Gasteiger partial charge in [-0.2, -0.15) is 5.06 Å². The first-order valence-electron chi connectivity index (χ1n) is 6.72. The fourth-order valence-corrected chi connectivity index (χ4v) is 3.29. The third-order valence-corrected chi connectivity index (χ3v) is 4.20. The number of ether oxygens (including phenoxy) is 1. The van der Waals surface area contributed by atoms with Crippen molar-refractivity contribution in [3.8, 4) is 0 Å². The van der Waals surface area contributed by atoms with Gasteiger partial charge in [-0.3, -0.25) is 9.74 Å². The molecule has 1 amide bonds. The van der Waals surface area contributed by atoms with Crippen molar-refractivity contribution < 1.29 is 14.4 Å². The molecule has 1 aromatic carbocycles. The number of piperidine rings is 1. The number of hydroxylamine groups is 2. The van der Waals surface area contributed by atoms with Crippen molar-refractivity contribution in [1.29, 1.82) is 0 Å². The van der Waals surface area contributed by atoms with Crippen molar-refractivity contribution in [3.05, 3.63) is 35.9 Å². The van der Waals surface area contributed by atoms with E-state index in [-0.39, 0.29) is 24.3 Å². The highest BCUT2D eigenvalue weighted by Crippen LogP contribution is 2.35. The monoisotopic (exact) mass is 260 g/mol. The number of amides is 1. The third kappa shape index (κ3) is 1.81. The normalized spacial score (nSPS) is 33.4. The van der Waals surface area contributed by atoms with E-state index in [0.29, 0.717) is 13.2 Å². The average molecular weight is 260 g/mol. The largest absolute Gasteiger partial charge is 0.447 e. The second-order valence-corrected chi connectivity index (χ2v) is 5.39. The summed E-state index contributed by atoms with van der Waals surface area (Å²) in [4.78, 5) is 19.4. The summed E-state index contributed by atoms with van der Waals surface area (Å²) in [5, 5.41) is 2.03. The Morgan fingerprint density at radius 3 is 2.89 bits per heavy atom. The van der Waals surface area contributed by atoms with Crippen LogP contribution in [0.15, 0.2) is 30.3 Å². The minimum absolute atomic E-state index is 0.121. The Balaban J connectivity index is 1.54. The Hall–Kier alpha value is -1.59. The van der Waals surface area contributed by atoms with Crippen molar-refractivity contribution in [3.63, 3.8) is 0 Å². The molecule has 3 aliphatic rings. The SMILES string of the molecule is O=C1OC[C@H]2[C@H]3C[C@@H](CN12)ON3Cc1ccccc1. The zero-order chi connectivity index (χ0) is 12.8. The van der Waals surface area contributed by atoms with Gasteiger partial charge in [0.15, 0.2) is 0 Å². The lowest BCUT2D eigenvalue weighted by Crippen LogP contribution is -2.50. The highest BCUT2D eigenvalue weighted by atomic mass is 16.7. The Morgan fingerprint density at radius 2 is 2.05 bits per heavy atom. The van der Waals surface area contributed by atoms with Crippen LogP contribution in [0, 0.1) is 0 Å². The van der Waals surface area contributed by atoms with Crippen LogP contribution in [-0.4, -0.2) is 47.4 Å². The fraction of sp³-hybridized carbons (Fsp3) is 0.500. The van der Waals surface area contributed by atoms with Gasteiger partial charge >= 0.3 is 6.09 Å². The highest BCUT2D eigenvalue weighted by molar-refractivity contribution is 5.70. The molecule has 3 heterocycles. The molecule has 19 heavy (non-hydrogen) atoms. The van der Waals surface area contributed by atoms with Crippen molar-refractivity contribution in [1.82, 2.24) is 9.96 Å². The quantitative estimate of drug-likeness (QED) is 0.806. The molecule has 5 nitrogen and oxygen atoms in total. The summed E-state index contributed by atoms with van der Waals surface area (Å²) in [6, 6.07) is 10.7. The van der Waals surface area contributed by atoms with Crippen LogP contribution in [0.1, 0.15) is 12.0 Å². The van der Waals surface area contributed by atoms with Gasteiger partial charge in [0.2, 0.25) is 0 Å². The zero-order valence-corrected chi connectivity index (χ0v) is 10.6. The molecule has 0 N–H and O–H groups in total. The Labute approximate surface area is 111 Å². The lowest BCUT2D eigenvalue weighted by molar-refractivity contribution is -0.162. The predicted octanol–water partition coefficient (Wildman–Crippen LogP) is 1.40. The third-order valence-electron chi connectivity index (χ3n) is 4.20. The minimum Gasteiger partial charge on any atom is -0.447 e. The number of hydrogen-bond donors (Lipinski definition) is 0. The number of hydrogen-bond acceptors (Lipinski definition) is 4. The molecule has 100 valence electrons. The van der Waals surface area contributed by atoms with Crippen LogP contribution in [0.2, 0.25) is 0 Å². The molecular formula is C14H16N2O3. The maximum atomic E-state index is 11.6. The molecule has 3 atom stereocenters. The number of carbonyl (C=O) groups is 1. The van der Waals surface area contributed by atoms with E-state index in [1.165, 1.54) is 5.56 Å². The molecule has 1 aromatic rings. The molecular weight excluding hydrogens is 244 g/mol. The molecule has 0 aliphatic carbocycles. The van der Waals surface area contributed by atoms with E-state index in [1.807, 2.05) is 28.2 Å². The molecule has 0 unspecified atom stereocenters. The highest BCUT2D eigenvalue weighted by Gasteiger charge is 2.51. The first kappa shape index (κ1) is 11.3. The van der Waals surface area contributed by atoms with E-state index in [4.69, 9.17) is 9.57 Å². The Bertz CT molecular complexity index is 493. The van der Waals surface area contributed by atoms with Crippen molar-refractivity contribution in [2.24, 2.45) is 0 Å². The number of benzene rings is 1. The molecule has 3 saturated heterocycles. The molecule has 5 heteroatoms. The van der Waals surface area contributed by atoms with Crippen molar-refractivity contribution >= 4 is 6.09 Å². The van der Waals surface area contributed by atoms with Gasteiger partial charge in [0.05, 0.1) is 24.7 Å². The van der Waals surface area contributed by atoms with Crippen LogP contribution < -0.4 is 0 Å². The summed E-state index contributed by atoms with van der Waals surface area (Å²) >= 11 is 0. The van der Waals surface area contributed by atoms with E-state index >= 15 is 0 Å². The lowest BCUT2D eigenvalue weighted by Gasteiger charge is -2.31. The fourth-order valence-electron chi connectivity index (χ4n) is 3.29. The summed E-state index contributed by atoms with van der Waals surface area (Å²) < 4.78 is 5.16. The van der Waals surface area contributed by atoms with E-state index in [9.17, 15) is 4.79 Å². The van der Waals surface area contributed by atoms with E-state index in [2.05, 4.69) is 12.1 Å². The predicted molar refractivity (Wildman–Crippen MR) is 67.1 cm³/mol. The van der Waals surface area contributed by atoms with Crippen LogP contribution in [0.3, 0.4) is 0 Å². The van der Waals surface area contributed by atoms with Gasteiger partial charge in [-0.1, -0.05) is 30.3 Å².